The first-order valence-corrected chi connectivity index (χ1v) is 7.74. The van der Waals surface area contributed by atoms with Gasteiger partial charge in [-0.05, 0) is 24.3 Å². The second-order valence-corrected chi connectivity index (χ2v) is 5.55. The van der Waals surface area contributed by atoms with Crippen LogP contribution < -0.4 is 5.32 Å². The van der Waals surface area contributed by atoms with Crippen molar-refractivity contribution >= 4 is 17.2 Å². The molecule has 0 aliphatic heterocycles. The van der Waals surface area contributed by atoms with E-state index in [0.717, 1.165) is 16.3 Å². The second-order valence-electron chi connectivity index (χ2n) is 4.61. The summed E-state index contributed by atoms with van der Waals surface area (Å²) in [5.74, 6) is -0.0913. The van der Waals surface area contributed by atoms with Crippen LogP contribution in [0.2, 0.25) is 0 Å². The number of thiazole rings is 1. The lowest BCUT2D eigenvalue weighted by Crippen LogP contribution is -2.25. The molecule has 0 saturated carbocycles. The normalized spacial score (nSPS) is 10.4. The van der Waals surface area contributed by atoms with Crippen LogP contribution in [0.25, 0.3) is 11.3 Å². The number of hydrogen-bond acceptors (Lipinski definition) is 5. The van der Waals surface area contributed by atoms with Crippen molar-refractivity contribution in [2.45, 2.75) is 6.42 Å². The van der Waals surface area contributed by atoms with Gasteiger partial charge in [-0.2, -0.15) is 0 Å². The molecule has 0 aliphatic rings. The van der Waals surface area contributed by atoms with Crippen molar-refractivity contribution in [1.82, 2.24) is 20.3 Å². The lowest BCUT2D eigenvalue weighted by Gasteiger charge is -2.03. The topological polar surface area (TPSA) is 67.8 Å². The molecular weight excluding hydrogens is 296 g/mol. The predicted octanol–water partition coefficient (Wildman–Crippen LogP) is 2.57. The number of pyridine rings is 2. The second kappa shape index (κ2) is 6.91. The highest BCUT2D eigenvalue weighted by molar-refractivity contribution is 7.09. The van der Waals surface area contributed by atoms with Crippen LogP contribution in [0.15, 0.2) is 54.4 Å². The van der Waals surface area contributed by atoms with Gasteiger partial charge in [-0.25, -0.2) is 4.98 Å². The third-order valence-electron chi connectivity index (χ3n) is 3.08. The average Bonchev–Trinajstić information content (AvgIpc) is 3.05. The van der Waals surface area contributed by atoms with Gasteiger partial charge in [-0.15, -0.1) is 11.3 Å². The SMILES string of the molecule is O=C(NCCc1nc(-c2cccnc2)cs1)c1ccncc1. The largest absolute Gasteiger partial charge is 0.352 e. The maximum Gasteiger partial charge on any atom is 0.251 e. The van der Waals surface area contributed by atoms with Crippen LogP contribution >= 0.6 is 11.3 Å². The molecule has 3 aromatic rings. The van der Waals surface area contributed by atoms with Crippen molar-refractivity contribution in [3.05, 3.63) is 65.0 Å². The molecule has 0 unspecified atom stereocenters. The molecule has 6 heteroatoms. The summed E-state index contributed by atoms with van der Waals surface area (Å²) in [6, 6.07) is 7.26. The Morgan fingerprint density at radius 2 is 2.00 bits per heavy atom. The zero-order valence-electron chi connectivity index (χ0n) is 11.8. The minimum atomic E-state index is -0.0913. The smallest absolute Gasteiger partial charge is 0.251 e. The molecule has 0 saturated heterocycles. The number of amides is 1. The summed E-state index contributed by atoms with van der Waals surface area (Å²) < 4.78 is 0. The van der Waals surface area contributed by atoms with Crippen LogP contribution in [-0.2, 0) is 6.42 Å². The Kier molecular flexibility index (Phi) is 4.50. The molecule has 0 atom stereocenters. The summed E-state index contributed by atoms with van der Waals surface area (Å²) in [5.41, 5.74) is 2.55. The first-order valence-electron chi connectivity index (χ1n) is 6.86. The Morgan fingerprint density at radius 1 is 1.14 bits per heavy atom. The van der Waals surface area contributed by atoms with Crippen LogP contribution in [-0.4, -0.2) is 27.4 Å². The molecule has 22 heavy (non-hydrogen) atoms. The van der Waals surface area contributed by atoms with Crippen LogP contribution in [0, 0.1) is 0 Å². The van der Waals surface area contributed by atoms with E-state index in [1.54, 1.807) is 48.3 Å². The summed E-state index contributed by atoms with van der Waals surface area (Å²) in [5, 5.41) is 5.89. The Labute approximate surface area is 132 Å². The molecule has 0 spiro atoms. The van der Waals surface area contributed by atoms with E-state index in [2.05, 4.69) is 20.3 Å². The van der Waals surface area contributed by atoms with Gasteiger partial charge in [0.1, 0.15) is 0 Å². The summed E-state index contributed by atoms with van der Waals surface area (Å²) in [6.45, 7) is 0.557. The minimum Gasteiger partial charge on any atom is -0.352 e. The Bertz CT molecular complexity index is 743. The summed E-state index contributed by atoms with van der Waals surface area (Å²) in [6.07, 6.45) is 7.46. The van der Waals surface area contributed by atoms with Gasteiger partial charge in [0.05, 0.1) is 10.7 Å². The van der Waals surface area contributed by atoms with Gasteiger partial charge in [0.15, 0.2) is 0 Å². The molecule has 110 valence electrons. The molecule has 0 aliphatic carbocycles. The standard InChI is InChI=1S/C16H14N4OS/c21-16(12-3-7-17-8-4-12)19-9-5-15-20-14(11-22-15)13-2-1-6-18-10-13/h1-4,6-8,10-11H,5,9H2,(H,19,21). The van der Waals surface area contributed by atoms with E-state index in [9.17, 15) is 4.79 Å². The van der Waals surface area contributed by atoms with Gasteiger partial charge >= 0.3 is 0 Å². The molecule has 0 bridgehead atoms. The van der Waals surface area contributed by atoms with Crippen molar-refractivity contribution in [2.75, 3.05) is 6.54 Å². The molecule has 3 heterocycles. The predicted molar refractivity (Wildman–Crippen MR) is 85.6 cm³/mol. The number of nitrogens with one attached hydrogen (secondary N) is 1. The molecule has 3 aromatic heterocycles. The van der Waals surface area contributed by atoms with Gasteiger partial charge in [0, 0.05) is 54.3 Å². The highest BCUT2D eigenvalue weighted by Gasteiger charge is 2.07. The Morgan fingerprint density at radius 3 is 2.77 bits per heavy atom. The zero-order chi connectivity index (χ0) is 15.2. The monoisotopic (exact) mass is 310 g/mol. The van der Waals surface area contributed by atoms with Crippen LogP contribution in [0.1, 0.15) is 15.4 Å². The van der Waals surface area contributed by atoms with Crippen molar-refractivity contribution in [3.63, 3.8) is 0 Å². The lowest BCUT2D eigenvalue weighted by molar-refractivity contribution is 0.0954. The van der Waals surface area contributed by atoms with E-state index in [0.29, 0.717) is 18.5 Å². The fourth-order valence-corrected chi connectivity index (χ4v) is 2.77. The molecule has 1 N–H and O–H groups in total. The fourth-order valence-electron chi connectivity index (χ4n) is 1.96. The van der Waals surface area contributed by atoms with Gasteiger partial charge in [-0.3, -0.25) is 14.8 Å². The first kappa shape index (κ1) is 14.3. The lowest BCUT2D eigenvalue weighted by atomic mass is 10.2. The fraction of sp³-hybridized carbons (Fsp3) is 0.125. The highest BCUT2D eigenvalue weighted by Crippen LogP contribution is 2.20. The van der Waals surface area contributed by atoms with E-state index in [1.165, 1.54) is 0 Å². The van der Waals surface area contributed by atoms with Gasteiger partial charge < -0.3 is 5.32 Å². The van der Waals surface area contributed by atoms with E-state index in [-0.39, 0.29) is 5.91 Å². The number of carbonyl (C=O) groups is 1. The average molecular weight is 310 g/mol. The van der Waals surface area contributed by atoms with Crippen LogP contribution in [0.4, 0.5) is 0 Å². The van der Waals surface area contributed by atoms with Gasteiger partial charge in [-0.1, -0.05) is 0 Å². The number of carbonyl (C=O) groups excluding carboxylic acids is 1. The molecule has 5 nitrogen and oxygen atoms in total. The zero-order valence-corrected chi connectivity index (χ0v) is 12.6. The summed E-state index contributed by atoms with van der Waals surface area (Å²) >= 11 is 1.59. The number of hydrogen-bond donors (Lipinski definition) is 1. The molecule has 3 rings (SSSR count). The minimum absolute atomic E-state index is 0.0913. The molecule has 0 radical (unpaired) electrons. The number of nitrogens with zero attached hydrogens (tertiary/aromatic N) is 3. The molecule has 0 fully saturated rings. The number of aromatic nitrogens is 3. The van der Waals surface area contributed by atoms with Crippen molar-refractivity contribution in [3.8, 4) is 11.3 Å². The quantitative estimate of drug-likeness (QED) is 0.786. The third kappa shape index (κ3) is 3.53. The van der Waals surface area contributed by atoms with Gasteiger partial charge in [0.25, 0.3) is 5.91 Å². The van der Waals surface area contributed by atoms with E-state index >= 15 is 0 Å². The first-order chi connectivity index (χ1) is 10.8. The van der Waals surface area contributed by atoms with Crippen molar-refractivity contribution in [1.29, 1.82) is 0 Å². The molecule has 0 aromatic carbocycles. The van der Waals surface area contributed by atoms with Gasteiger partial charge in [0.2, 0.25) is 0 Å². The van der Waals surface area contributed by atoms with Crippen molar-refractivity contribution < 1.29 is 4.79 Å². The molecule has 1 amide bonds. The maximum atomic E-state index is 11.9. The Hall–Kier alpha value is -2.60. The van der Waals surface area contributed by atoms with Crippen molar-refractivity contribution in [2.24, 2.45) is 0 Å². The summed E-state index contributed by atoms with van der Waals surface area (Å²) in [7, 11) is 0. The highest BCUT2D eigenvalue weighted by atomic mass is 32.1. The Balaban J connectivity index is 1.55. The maximum absolute atomic E-state index is 11.9. The third-order valence-corrected chi connectivity index (χ3v) is 3.98. The van der Waals surface area contributed by atoms with Crippen LogP contribution in [0.5, 0.6) is 0 Å². The summed E-state index contributed by atoms with van der Waals surface area (Å²) in [4.78, 5) is 24.5. The van der Waals surface area contributed by atoms with E-state index in [4.69, 9.17) is 0 Å². The van der Waals surface area contributed by atoms with E-state index in [1.807, 2.05) is 17.5 Å². The van der Waals surface area contributed by atoms with Crippen LogP contribution in [0.3, 0.4) is 0 Å². The van der Waals surface area contributed by atoms with E-state index < -0.39 is 0 Å². The number of rotatable bonds is 5. The molecular formula is C16H14N4OS.